The van der Waals surface area contributed by atoms with Crippen LogP contribution in [0, 0.1) is 11.3 Å². The maximum absolute atomic E-state index is 6.14. The van der Waals surface area contributed by atoms with Crippen LogP contribution in [0.4, 0.5) is 0 Å². The normalized spacial score (nSPS) is 35.7. The second kappa shape index (κ2) is 5.48. The molecule has 2 heterocycles. The highest BCUT2D eigenvalue weighted by atomic mass is 16.5. The smallest absolute Gasteiger partial charge is 0.0484 e. The molecule has 3 heteroatoms. The van der Waals surface area contributed by atoms with E-state index in [1.54, 1.807) is 0 Å². The Balaban J connectivity index is 2.05. The minimum Gasteiger partial charge on any atom is -0.381 e. The van der Waals surface area contributed by atoms with Gasteiger partial charge in [-0.1, -0.05) is 20.8 Å². The molecule has 2 saturated heterocycles. The van der Waals surface area contributed by atoms with Gasteiger partial charge < -0.3 is 10.5 Å². The van der Waals surface area contributed by atoms with Crippen molar-refractivity contribution in [2.45, 2.75) is 52.0 Å². The van der Waals surface area contributed by atoms with Crippen LogP contribution < -0.4 is 5.73 Å². The summed E-state index contributed by atoms with van der Waals surface area (Å²) in [6.07, 6.45) is 4.81. The van der Waals surface area contributed by atoms with Crippen molar-refractivity contribution >= 4 is 0 Å². The minimum absolute atomic E-state index is 0.219. The molecule has 2 N–H and O–H groups in total. The van der Waals surface area contributed by atoms with Gasteiger partial charge >= 0.3 is 0 Å². The molecule has 18 heavy (non-hydrogen) atoms. The highest BCUT2D eigenvalue weighted by molar-refractivity contribution is 4.97. The fourth-order valence-electron chi connectivity index (χ4n) is 3.54. The lowest BCUT2D eigenvalue weighted by Crippen LogP contribution is -2.53. The minimum atomic E-state index is 0.219. The maximum Gasteiger partial charge on any atom is 0.0484 e. The van der Waals surface area contributed by atoms with Crippen molar-refractivity contribution in [3.63, 3.8) is 0 Å². The Morgan fingerprint density at radius 2 is 2.06 bits per heavy atom. The molecule has 2 atom stereocenters. The van der Waals surface area contributed by atoms with Crippen LogP contribution in [0.15, 0.2) is 0 Å². The summed E-state index contributed by atoms with van der Waals surface area (Å²) < 4.78 is 5.62. The first-order chi connectivity index (χ1) is 8.48. The topological polar surface area (TPSA) is 38.5 Å². The SMILES string of the molecule is CC(C)(C)C1CCN(C2(CN)CCCOCC2)C1. The monoisotopic (exact) mass is 254 g/mol. The van der Waals surface area contributed by atoms with E-state index in [1.165, 1.54) is 25.9 Å². The molecular formula is C15H30N2O. The number of likely N-dealkylation sites (tertiary alicyclic amines) is 1. The van der Waals surface area contributed by atoms with Gasteiger partial charge in [0.25, 0.3) is 0 Å². The molecule has 0 aromatic rings. The molecule has 0 saturated carbocycles. The van der Waals surface area contributed by atoms with Crippen LogP contribution in [0.25, 0.3) is 0 Å². The van der Waals surface area contributed by atoms with E-state index in [1.807, 2.05) is 0 Å². The fourth-order valence-corrected chi connectivity index (χ4v) is 3.54. The Morgan fingerprint density at radius 1 is 1.28 bits per heavy atom. The number of hydrogen-bond donors (Lipinski definition) is 1. The number of nitrogens with two attached hydrogens (primary N) is 1. The van der Waals surface area contributed by atoms with Gasteiger partial charge in [-0.05, 0) is 43.6 Å². The second-order valence-electron chi connectivity index (χ2n) is 7.19. The van der Waals surface area contributed by atoms with E-state index in [2.05, 4.69) is 25.7 Å². The molecule has 0 aromatic heterocycles. The first-order valence-electron chi connectivity index (χ1n) is 7.51. The Hall–Kier alpha value is -0.120. The third-order valence-corrected chi connectivity index (χ3v) is 5.11. The number of nitrogens with zero attached hydrogens (tertiary/aromatic N) is 1. The third-order valence-electron chi connectivity index (χ3n) is 5.11. The Morgan fingerprint density at radius 3 is 2.67 bits per heavy atom. The molecule has 0 spiro atoms. The summed E-state index contributed by atoms with van der Waals surface area (Å²) in [6.45, 7) is 12.1. The van der Waals surface area contributed by atoms with Crippen molar-refractivity contribution in [3.8, 4) is 0 Å². The van der Waals surface area contributed by atoms with Crippen LogP contribution in [0.2, 0.25) is 0 Å². The van der Waals surface area contributed by atoms with Crippen molar-refractivity contribution in [3.05, 3.63) is 0 Å². The molecule has 0 aliphatic carbocycles. The Bertz CT molecular complexity index is 264. The molecule has 0 bridgehead atoms. The van der Waals surface area contributed by atoms with E-state index in [0.717, 1.165) is 38.5 Å². The van der Waals surface area contributed by atoms with Gasteiger partial charge in [0, 0.05) is 31.8 Å². The summed E-state index contributed by atoms with van der Waals surface area (Å²) in [7, 11) is 0. The van der Waals surface area contributed by atoms with Gasteiger partial charge in [0.15, 0.2) is 0 Å². The molecule has 2 fully saturated rings. The number of hydrogen-bond acceptors (Lipinski definition) is 3. The first-order valence-corrected chi connectivity index (χ1v) is 7.51. The quantitative estimate of drug-likeness (QED) is 0.821. The van der Waals surface area contributed by atoms with Gasteiger partial charge in [-0.3, -0.25) is 4.90 Å². The lowest BCUT2D eigenvalue weighted by molar-refractivity contribution is 0.0780. The van der Waals surface area contributed by atoms with Crippen LogP contribution in [-0.2, 0) is 4.74 Å². The molecule has 0 radical (unpaired) electrons. The molecule has 2 unspecified atom stereocenters. The van der Waals surface area contributed by atoms with Crippen molar-refractivity contribution in [1.82, 2.24) is 4.90 Å². The second-order valence-corrected chi connectivity index (χ2v) is 7.19. The van der Waals surface area contributed by atoms with Gasteiger partial charge in [-0.15, -0.1) is 0 Å². The predicted octanol–water partition coefficient (Wildman–Crippen LogP) is 2.25. The zero-order valence-corrected chi connectivity index (χ0v) is 12.4. The summed E-state index contributed by atoms with van der Waals surface area (Å²) in [5.41, 5.74) is 6.79. The van der Waals surface area contributed by atoms with Crippen molar-refractivity contribution in [2.24, 2.45) is 17.1 Å². The van der Waals surface area contributed by atoms with Gasteiger partial charge in [0.2, 0.25) is 0 Å². The molecule has 2 rings (SSSR count). The number of rotatable bonds is 2. The van der Waals surface area contributed by atoms with Crippen LogP contribution in [0.3, 0.4) is 0 Å². The molecule has 3 nitrogen and oxygen atoms in total. The predicted molar refractivity (Wildman–Crippen MR) is 75.6 cm³/mol. The summed E-state index contributed by atoms with van der Waals surface area (Å²) in [5.74, 6) is 0.810. The van der Waals surface area contributed by atoms with Gasteiger partial charge in [0.05, 0.1) is 0 Å². The molecule has 0 amide bonds. The Kier molecular flexibility index (Phi) is 4.35. The maximum atomic E-state index is 6.14. The summed E-state index contributed by atoms with van der Waals surface area (Å²) in [5, 5.41) is 0. The van der Waals surface area contributed by atoms with E-state index in [0.29, 0.717) is 5.41 Å². The van der Waals surface area contributed by atoms with E-state index >= 15 is 0 Å². The first kappa shape index (κ1) is 14.3. The van der Waals surface area contributed by atoms with Crippen LogP contribution in [-0.4, -0.2) is 43.3 Å². The molecule has 106 valence electrons. The average Bonchev–Trinajstić information content (AvgIpc) is 2.70. The standard InChI is InChI=1S/C15H30N2O/c1-14(2,3)13-5-8-17(11-13)15(12-16)6-4-9-18-10-7-15/h13H,4-12,16H2,1-3H3. The zero-order chi connectivity index (χ0) is 13.2. The van der Waals surface area contributed by atoms with Crippen molar-refractivity contribution in [2.75, 3.05) is 32.8 Å². The van der Waals surface area contributed by atoms with Crippen LogP contribution >= 0.6 is 0 Å². The van der Waals surface area contributed by atoms with E-state index in [4.69, 9.17) is 10.5 Å². The van der Waals surface area contributed by atoms with Crippen LogP contribution in [0.1, 0.15) is 46.5 Å². The van der Waals surface area contributed by atoms with E-state index in [-0.39, 0.29) is 5.54 Å². The lowest BCUT2D eigenvalue weighted by Gasteiger charge is -2.41. The molecule has 0 aromatic carbocycles. The molecule has 2 aliphatic rings. The van der Waals surface area contributed by atoms with Gasteiger partial charge in [-0.25, -0.2) is 0 Å². The van der Waals surface area contributed by atoms with Crippen LogP contribution in [0.5, 0.6) is 0 Å². The molecular weight excluding hydrogens is 224 g/mol. The zero-order valence-electron chi connectivity index (χ0n) is 12.4. The van der Waals surface area contributed by atoms with Gasteiger partial charge in [0.1, 0.15) is 0 Å². The third kappa shape index (κ3) is 2.89. The fraction of sp³-hybridized carbons (Fsp3) is 1.00. The summed E-state index contributed by atoms with van der Waals surface area (Å²) in [6, 6.07) is 0. The summed E-state index contributed by atoms with van der Waals surface area (Å²) >= 11 is 0. The highest BCUT2D eigenvalue weighted by Crippen LogP contribution is 2.39. The summed E-state index contributed by atoms with van der Waals surface area (Å²) in [4.78, 5) is 2.68. The van der Waals surface area contributed by atoms with E-state index < -0.39 is 0 Å². The Labute approximate surface area is 112 Å². The van der Waals surface area contributed by atoms with E-state index in [9.17, 15) is 0 Å². The van der Waals surface area contributed by atoms with Crippen molar-refractivity contribution in [1.29, 1.82) is 0 Å². The van der Waals surface area contributed by atoms with Crippen molar-refractivity contribution < 1.29 is 4.74 Å². The molecule has 2 aliphatic heterocycles. The van der Waals surface area contributed by atoms with Gasteiger partial charge in [-0.2, -0.15) is 0 Å². The number of ether oxygens (including phenoxy) is 1. The largest absolute Gasteiger partial charge is 0.381 e. The average molecular weight is 254 g/mol. The highest BCUT2D eigenvalue weighted by Gasteiger charge is 2.42. The lowest BCUT2D eigenvalue weighted by atomic mass is 9.80.